The van der Waals surface area contributed by atoms with Crippen LogP contribution in [0.1, 0.15) is 85.5 Å². The quantitative estimate of drug-likeness (QED) is 0.687. The second-order valence-electron chi connectivity index (χ2n) is 8.12. The summed E-state index contributed by atoms with van der Waals surface area (Å²) in [6, 6.07) is 0. The van der Waals surface area contributed by atoms with E-state index in [9.17, 15) is 0 Å². The van der Waals surface area contributed by atoms with Crippen LogP contribution in [0, 0.1) is 11.8 Å². The molecule has 5 fully saturated rings. The Labute approximate surface area is 132 Å². The van der Waals surface area contributed by atoms with Crippen molar-refractivity contribution < 1.29 is 0 Å². The molecule has 2 saturated carbocycles. The number of hydrogen-bond acceptors (Lipinski definition) is 2. The van der Waals surface area contributed by atoms with Gasteiger partial charge in [0, 0.05) is 11.1 Å². The summed E-state index contributed by atoms with van der Waals surface area (Å²) in [4.78, 5) is 0. The molecule has 0 aromatic heterocycles. The average Bonchev–Trinajstić information content (AvgIpc) is 2.68. The van der Waals surface area contributed by atoms with Crippen LogP contribution in [0.25, 0.3) is 0 Å². The van der Waals surface area contributed by atoms with Gasteiger partial charge >= 0.3 is 0 Å². The standard InChI is InChI=1S/C9H17N.C8H15N.C2H6/c1-9-5-2-8(3-6-9)4-7-10-9;1-8-4-2-3-7(5-8)6-9-8;1-2/h8,10H,2-7H2,1H3;7,9H,2-6H2,1H3;1-2H3. The van der Waals surface area contributed by atoms with Gasteiger partial charge in [-0.1, -0.05) is 20.3 Å². The van der Waals surface area contributed by atoms with Gasteiger partial charge in [-0.15, -0.1) is 0 Å². The van der Waals surface area contributed by atoms with Crippen LogP contribution in [0.4, 0.5) is 0 Å². The zero-order chi connectivity index (χ0) is 15.3. The van der Waals surface area contributed by atoms with Gasteiger partial charge < -0.3 is 10.6 Å². The topological polar surface area (TPSA) is 24.1 Å². The van der Waals surface area contributed by atoms with Crippen LogP contribution in [0.2, 0.25) is 0 Å². The van der Waals surface area contributed by atoms with E-state index in [4.69, 9.17) is 0 Å². The highest BCUT2D eigenvalue weighted by atomic mass is 15.0. The predicted molar refractivity (Wildman–Crippen MR) is 92.7 cm³/mol. The Hall–Kier alpha value is -0.0800. The number of hydrogen-bond donors (Lipinski definition) is 2. The summed E-state index contributed by atoms with van der Waals surface area (Å²) in [5.74, 6) is 2.08. The fourth-order valence-electron chi connectivity index (χ4n) is 4.71. The van der Waals surface area contributed by atoms with E-state index in [-0.39, 0.29) is 0 Å². The third-order valence-corrected chi connectivity index (χ3v) is 6.21. The minimum absolute atomic E-state index is 0.521. The van der Waals surface area contributed by atoms with Crippen LogP contribution in [0.3, 0.4) is 0 Å². The molecule has 4 bridgehead atoms. The van der Waals surface area contributed by atoms with Crippen LogP contribution < -0.4 is 10.6 Å². The Morgan fingerprint density at radius 2 is 1.48 bits per heavy atom. The normalized spacial score (nSPS) is 44.0. The van der Waals surface area contributed by atoms with Crippen LogP contribution in [0.15, 0.2) is 0 Å². The van der Waals surface area contributed by atoms with Crippen LogP contribution in [0.5, 0.6) is 0 Å². The molecular formula is C19H38N2. The SMILES string of the molecule is CC.CC12CCC(CCN1)CC2.CC12CCCC(CN1)C2. The van der Waals surface area contributed by atoms with Crippen molar-refractivity contribution in [3.05, 3.63) is 0 Å². The first kappa shape index (κ1) is 17.3. The molecule has 2 nitrogen and oxygen atoms in total. The second-order valence-corrected chi connectivity index (χ2v) is 8.12. The number of fused-ring (bicyclic) bond motifs is 6. The molecule has 2 aliphatic carbocycles. The van der Waals surface area contributed by atoms with Gasteiger partial charge in [0.05, 0.1) is 0 Å². The van der Waals surface area contributed by atoms with Crippen molar-refractivity contribution in [3.63, 3.8) is 0 Å². The van der Waals surface area contributed by atoms with Gasteiger partial charge in [0.2, 0.25) is 0 Å². The van der Waals surface area contributed by atoms with Gasteiger partial charge in [0.25, 0.3) is 0 Å². The van der Waals surface area contributed by atoms with Crippen LogP contribution in [-0.2, 0) is 0 Å². The molecule has 21 heavy (non-hydrogen) atoms. The Morgan fingerprint density at radius 3 is 2.10 bits per heavy atom. The maximum absolute atomic E-state index is 3.65. The van der Waals surface area contributed by atoms with Gasteiger partial charge in [0.15, 0.2) is 0 Å². The van der Waals surface area contributed by atoms with Gasteiger partial charge in [-0.2, -0.15) is 0 Å². The highest BCUT2D eigenvalue weighted by Crippen LogP contribution is 2.37. The maximum Gasteiger partial charge on any atom is 0.0156 e. The van der Waals surface area contributed by atoms with E-state index in [1.165, 1.54) is 70.9 Å². The largest absolute Gasteiger partial charge is 0.312 e. The molecule has 5 aliphatic rings. The van der Waals surface area contributed by atoms with E-state index in [0.29, 0.717) is 11.1 Å². The highest BCUT2D eigenvalue weighted by Gasteiger charge is 2.37. The Morgan fingerprint density at radius 1 is 0.762 bits per heavy atom. The summed E-state index contributed by atoms with van der Waals surface area (Å²) in [6.07, 6.45) is 13.0. The van der Waals surface area contributed by atoms with Gasteiger partial charge in [-0.25, -0.2) is 0 Å². The number of nitrogens with one attached hydrogen (secondary N) is 2. The van der Waals surface area contributed by atoms with E-state index in [1.54, 1.807) is 0 Å². The summed E-state index contributed by atoms with van der Waals surface area (Å²) in [5, 5.41) is 7.24. The average molecular weight is 295 g/mol. The molecule has 124 valence electrons. The molecule has 2 heteroatoms. The Bertz CT molecular complexity index is 297. The zero-order valence-electron chi connectivity index (χ0n) is 14.9. The van der Waals surface area contributed by atoms with E-state index in [1.807, 2.05) is 13.8 Å². The third-order valence-electron chi connectivity index (χ3n) is 6.21. The first-order valence-corrected chi connectivity index (χ1v) is 9.57. The van der Waals surface area contributed by atoms with Crippen molar-refractivity contribution in [2.75, 3.05) is 13.1 Å². The molecule has 0 amide bonds. The van der Waals surface area contributed by atoms with Crippen molar-refractivity contribution in [2.45, 2.75) is 96.6 Å². The maximum atomic E-state index is 3.65. The molecule has 0 aromatic rings. The van der Waals surface area contributed by atoms with Gasteiger partial charge in [-0.05, 0) is 90.1 Å². The molecule has 0 radical (unpaired) electrons. The third kappa shape index (κ3) is 4.69. The molecule has 3 heterocycles. The Balaban J connectivity index is 0.000000138. The Kier molecular flexibility index (Phi) is 6.14. The molecule has 2 N–H and O–H groups in total. The fourth-order valence-corrected chi connectivity index (χ4v) is 4.71. The summed E-state index contributed by atoms with van der Waals surface area (Å²) in [6.45, 7) is 11.3. The molecule has 5 rings (SSSR count). The van der Waals surface area contributed by atoms with Gasteiger partial charge in [0.1, 0.15) is 0 Å². The molecule has 0 spiro atoms. The summed E-state index contributed by atoms with van der Waals surface area (Å²) in [5.41, 5.74) is 1.07. The van der Waals surface area contributed by atoms with E-state index in [0.717, 1.165) is 11.8 Å². The van der Waals surface area contributed by atoms with Crippen molar-refractivity contribution in [3.8, 4) is 0 Å². The molecular weight excluding hydrogens is 256 g/mol. The lowest BCUT2D eigenvalue weighted by Crippen LogP contribution is -2.41. The lowest BCUT2D eigenvalue weighted by molar-refractivity contribution is 0.253. The first-order valence-electron chi connectivity index (χ1n) is 9.57. The molecule has 3 saturated heterocycles. The van der Waals surface area contributed by atoms with E-state index in [2.05, 4.69) is 24.5 Å². The summed E-state index contributed by atoms with van der Waals surface area (Å²) >= 11 is 0. The van der Waals surface area contributed by atoms with Crippen molar-refractivity contribution in [2.24, 2.45) is 11.8 Å². The van der Waals surface area contributed by atoms with Crippen molar-refractivity contribution >= 4 is 0 Å². The van der Waals surface area contributed by atoms with Crippen LogP contribution >= 0.6 is 0 Å². The molecule has 0 aromatic carbocycles. The minimum atomic E-state index is 0.521. The summed E-state index contributed by atoms with van der Waals surface area (Å²) < 4.78 is 0. The lowest BCUT2D eigenvalue weighted by atomic mass is 9.79. The minimum Gasteiger partial charge on any atom is -0.312 e. The molecule has 3 aliphatic heterocycles. The molecule has 2 unspecified atom stereocenters. The highest BCUT2D eigenvalue weighted by molar-refractivity contribution is 4.96. The second kappa shape index (κ2) is 7.46. The van der Waals surface area contributed by atoms with Gasteiger partial charge in [-0.3, -0.25) is 0 Å². The van der Waals surface area contributed by atoms with Crippen LogP contribution in [-0.4, -0.2) is 24.2 Å². The summed E-state index contributed by atoms with van der Waals surface area (Å²) in [7, 11) is 0. The van der Waals surface area contributed by atoms with E-state index >= 15 is 0 Å². The monoisotopic (exact) mass is 294 g/mol. The smallest absolute Gasteiger partial charge is 0.0156 e. The first-order chi connectivity index (χ1) is 10.1. The lowest BCUT2D eigenvalue weighted by Gasteiger charge is -2.33. The number of rotatable bonds is 0. The fraction of sp³-hybridized carbons (Fsp3) is 1.00. The molecule has 2 atom stereocenters. The zero-order valence-corrected chi connectivity index (χ0v) is 14.9. The predicted octanol–water partition coefficient (Wildman–Crippen LogP) is 4.49. The van der Waals surface area contributed by atoms with Crippen molar-refractivity contribution in [1.82, 2.24) is 10.6 Å². The van der Waals surface area contributed by atoms with Crippen molar-refractivity contribution in [1.29, 1.82) is 0 Å². The van der Waals surface area contributed by atoms with E-state index < -0.39 is 0 Å².